The van der Waals surface area contributed by atoms with Gasteiger partial charge in [-0.2, -0.15) is 0 Å². The van der Waals surface area contributed by atoms with E-state index < -0.39 is 24.5 Å². The zero-order valence-electron chi connectivity index (χ0n) is 9.45. The van der Waals surface area contributed by atoms with Crippen molar-refractivity contribution in [2.75, 3.05) is 6.61 Å². The Morgan fingerprint density at radius 1 is 1.39 bits per heavy atom. The van der Waals surface area contributed by atoms with E-state index in [4.69, 9.17) is 9.84 Å². The topological polar surface area (TPSA) is 55.8 Å². The third kappa shape index (κ3) is 4.52. The van der Waals surface area contributed by atoms with Crippen LogP contribution in [-0.4, -0.2) is 24.0 Å². The maximum absolute atomic E-state index is 12.1. The van der Waals surface area contributed by atoms with Crippen LogP contribution in [0, 0.1) is 0 Å². The van der Waals surface area contributed by atoms with Crippen LogP contribution in [0.1, 0.15) is 12.5 Å². The number of ether oxygens (including phenoxy) is 2. The second-order valence-corrected chi connectivity index (χ2v) is 3.32. The van der Waals surface area contributed by atoms with Gasteiger partial charge in [0.2, 0.25) is 0 Å². The third-order valence-corrected chi connectivity index (χ3v) is 1.91. The van der Waals surface area contributed by atoms with E-state index in [0.717, 1.165) is 6.07 Å². The zero-order chi connectivity index (χ0) is 13.8. The Hall–Kier alpha value is -1.92. The number of hydrogen-bond acceptors (Lipinski definition) is 3. The van der Waals surface area contributed by atoms with Crippen LogP contribution in [0.4, 0.5) is 13.2 Å². The number of aliphatic carboxylic acids is 1. The van der Waals surface area contributed by atoms with Gasteiger partial charge in [0, 0.05) is 5.56 Å². The minimum absolute atomic E-state index is 0.0919. The van der Waals surface area contributed by atoms with Gasteiger partial charge in [-0.15, -0.1) is 13.2 Å². The van der Waals surface area contributed by atoms with E-state index in [0.29, 0.717) is 12.4 Å². The van der Waals surface area contributed by atoms with Crippen LogP contribution >= 0.6 is 0 Å². The maximum Gasteiger partial charge on any atom is 0.573 e. The molecule has 0 atom stereocenters. The van der Waals surface area contributed by atoms with E-state index in [-0.39, 0.29) is 5.56 Å². The van der Waals surface area contributed by atoms with Gasteiger partial charge in [-0.3, -0.25) is 4.79 Å². The summed E-state index contributed by atoms with van der Waals surface area (Å²) in [6, 6.07) is 3.55. The third-order valence-electron chi connectivity index (χ3n) is 1.91. The van der Waals surface area contributed by atoms with Gasteiger partial charge in [0.05, 0.1) is 13.0 Å². The number of halogens is 3. The fourth-order valence-corrected chi connectivity index (χ4v) is 1.34. The molecule has 0 amide bonds. The molecule has 1 rings (SSSR count). The maximum atomic E-state index is 12.1. The molecule has 7 heteroatoms. The highest BCUT2D eigenvalue weighted by atomic mass is 19.4. The predicted octanol–water partition coefficient (Wildman–Crippen LogP) is 2.61. The van der Waals surface area contributed by atoms with Crippen molar-refractivity contribution < 1.29 is 32.5 Å². The van der Waals surface area contributed by atoms with Gasteiger partial charge in [0.15, 0.2) is 0 Å². The lowest BCUT2D eigenvalue weighted by molar-refractivity contribution is -0.275. The predicted molar refractivity (Wildman–Crippen MR) is 55.6 cm³/mol. The molecule has 4 nitrogen and oxygen atoms in total. The van der Waals surface area contributed by atoms with Crippen molar-refractivity contribution in [3.8, 4) is 11.5 Å². The molecule has 0 aliphatic carbocycles. The van der Waals surface area contributed by atoms with Crippen molar-refractivity contribution in [2.45, 2.75) is 19.7 Å². The quantitative estimate of drug-likeness (QED) is 0.888. The molecule has 0 aliphatic rings. The summed E-state index contributed by atoms with van der Waals surface area (Å²) < 4.78 is 45.2. The summed E-state index contributed by atoms with van der Waals surface area (Å²) in [5, 5.41) is 8.63. The standard InChI is InChI=1S/C11H11F3O4/c1-2-17-8-3-4-9(18-11(12,13)14)7(5-8)6-10(15)16/h3-5H,2,6H2,1H3,(H,15,16). The Morgan fingerprint density at radius 3 is 2.56 bits per heavy atom. The average molecular weight is 264 g/mol. The Balaban J connectivity index is 3.04. The largest absolute Gasteiger partial charge is 0.573 e. The zero-order valence-corrected chi connectivity index (χ0v) is 9.45. The van der Waals surface area contributed by atoms with Crippen molar-refractivity contribution in [1.29, 1.82) is 0 Å². The Kier molecular flexibility index (Phi) is 4.41. The van der Waals surface area contributed by atoms with Gasteiger partial charge < -0.3 is 14.6 Å². The molecule has 0 saturated carbocycles. The van der Waals surface area contributed by atoms with Crippen LogP contribution in [0.2, 0.25) is 0 Å². The Bertz CT molecular complexity index is 429. The van der Waals surface area contributed by atoms with Crippen LogP contribution in [0.25, 0.3) is 0 Å². The highest BCUT2D eigenvalue weighted by Gasteiger charge is 2.32. The molecule has 0 aromatic heterocycles. The minimum Gasteiger partial charge on any atom is -0.494 e. The summed E-state index contributed by atoms with van der Waals surface area (Å²) >= 11 is 0. The fraction of sp³-hybridized carbons (Fsp3) is 0.364. The Labute approximate surface area is 101 Å². The van der Waals surface area contributed by atoms with Crippen LogP contribution in [0.15, 0.2) is 18.2 Å². The molecule has 0 aliphatic heterocycles. The van der Waals surface area contributed by atoms with Crippen molar-refractivity contribution >= 4 is 5.97 Å². The first kappa shape index (κ1) is 14.1. The van der Waals surface area contributed by atoms with Crippen molar-refractivity contribution in [3.05, 3.63) is 23.8 Å². The van der Waals surface area contributed by atoms with Crippen molar-refractivity contribution in [3.63, 3.8) is 0 Å². The van der Waals surface area contributed by atoms with E-state index in [1.807, 2.05) is 0 Å². The molecule has 0 radical (unpaired) electrons. The highest BCUT2D eigenvalue weighted by molar-refractivity contribution is 5.71. The number of rotatable bonds is 5. The van der Waals surface area contributed by atoms with Gasteiger partial charge in [-0.05, 0) is 25.1 Å². The summed E-state index contributed by atoms with van der Waals surface area (Å²) in [6.07, 6.45) is -5.44. The lowest BCUT2D eigenvalue weighted by Gasteiger charge is -2.13. The monoisotopic (exact) mass is 264 g/mol. The number of benzene rings is 1. The SMILES string of the molecule is CCOc1ccc(OC(F)(F)F)c(CC(=O)O)c1. The first-order valence-corrected chi connectivity index (χ1v) is 5.05. The lowest BCUT2D eigenvalue weighted by atomic mass is 10.1. The second-order valence-electron chi connectivity index (χ2n) is 3.32. The minimum atomic E-state index is -4.86. The summed E-state index contributed by atoms with van der Waals surface area (Å²) in [5.41, 5.74) is -0.0919. The van der Waals surface area contributed by atoms with E-state index in [1.54, 1.807) is 6.92 Å². The number of carboxylic acids is 1. The average Bonchev–Trinajstić information content (AvgIpc) is 2.19. The van der Waals surface area contributed by atoms with Crippen molar-refractivity contribution in [2.24, 2.45) is 0 Å². The molecule has 1 aromatic carbocycles. The van der Waals surface area contributed by atoms with Crippen LogP contribution in [0.3, 0.4) is 0 Å². The number of alkyl halides is 3. The lowest BCUT2D eigenvalue weighted by Crippen LogP contribution is -2.18. The Morgan fingerprint density at radius 2 is 2.06 bits per heavy atom. The first-order chi connectivity index (χ1) is 8.31. The number of carboxylic acid groups (broad SMARTS) is 1. The van der Waals surface area contributed by atoms with Gasteiger partial charge in [0.1, 0.15) is 11.5 Å². The fourth-order valence-electron chi connectivity index (χ4n) is 1.34. The highest BCUT2D eigenvalue weighted by Crippen LogP contribution is 2.29. The van der Waals surface area contributed by atoms with Crippen molar-refractivity contribution in [1.82, 2.24) is 0 Å². The van der Waals surface area contributed by atoms with Gasteiger partial charge in [-0.25, -0.2) is 0 Å². The van der Waals surface area contributed by atoms with Gasteiger partial charge in [-0.1, -0.05) is 0 Å². The first-order valence-electron chi connectivity index (χ1n) is 5.05. The second kappa shape index (κ2) is 5.61. The molecule has 18 heavy (non-hydrogen) atoms. The smallest absolute Gasteiger partial charge is 0.494 e. The molecular formula is C11H11F3O4. The van der Waals surface area contributed by atoms with E-state index >= 15 is 0 Å². The molecule has 0 spiro atoms. The van der Waals surface area contributed by atoms with E-state index in [9.17, 15) is 18.0 Å². The summed E-state index contributed by atoms with van der Waals surface area (Å²) in [4.78, 5) is 10.6. The van der Waals surface area contributed by atoms with E-state index in [1.165, 1.54) is 12.1 Å². The van der Waals surface area contributed by atoms with Crippen LogP contribution < -0.4 is 9.47 Å². The number of carbonyl (C=O) groups is 1. The summed E-state index contributed by atoms with van der Waals surface area (Å²) in [6.45, 7) is 2.03. The summed E-state index contributed by atoms with van der Waals surface area (Å²) in [7, 11) is 0. The van der Waals surface area contributed by atoms with Gasteiger partial charge >= 0.3 is 12.3 Å². The van der Waals surface area contributed by atoms with Crippen LogP contribution in [-0.2, 0) is 11.2 Å². The van der Waals surface area contributed by atoms with E-state index in [2.05, 4.69) is 4.74 Å². The molecule has 0 bridgehead atoms. The summed E-state index contributed by atoms with van der Waals surface area (Å²) in [5.74, 6) is -1.49. The molecule has 0 heterocycles. The molecule has 100 valence electrons. The molecule has 0 unspecified atom stereocenters. The molecule has 1 N–H and O–H groups in total. The van der Waals surface area contributed by atoms with Gasteiger partial charge in [0.25, 0.3) is 0 Å². The molecule has 1 aromatic rings. The number of hydrogen-bond donors (Lipinski definition) is 1. The molecule has 0 fully saturated rings. The molecule has 0 saturated heterocycles. The van der Waals surface area contributed by atoms with Crippen LogP contribution in [0.5, 0.6) is 11.5 Å². The molecular weight excluding hydrogens is 253 g/mol. The normalized spacial score (nSPS) is 11.1.